The molecule has 24 heavy (non-hydrogen) atoms. The van der Waals surface area contributed by atoms with Gasteiger partial charge in [-0.15, -0.1) is 0 Å². The van der Waals surface area contributed by atoms with E-state index in [4.69, 9.17) is 4.74 Å². The first-order chi connectivity index (χ1) is 11.6. The molecule has 1 atom stereocenters. The lowest BCUT2D eigenvalue weighted by atomic mass is 9.99. The summed E-state index contributed by atoms with van der Waals surface area (Å²) in [6, 6.07) is 8.37. The fourth-order valence-electron chi connectivity index (χ4n) is 3.14. The van der Waals surface area contributed by atoms with Crippen molar-refractivity contribution >= 4 is 16.8 Å². The molecule has 1 aliphatic rings. The van der Waals surface area contributed by atoms with E-state index in [2.05, 4.69) is 22.9 Å². The fraction of sp³-hybridized carbons (Fsp3) is 0.474. The molecule has 1 amide bonds. The fourth-order valence-corrected chi connectivity index (χ4v) is 3.14. The average molecular weight is 327 g/mol. The molecule has 1 aromatic heterocycles. The summed E-state index contributed by atoms with van der Waals surface area (Å²) in [5.74, 6) is 0.0252. The summed E-state index contributed by atoms with van der Waals surface area (Å²) in [6.07, 6.45) is 1.75. The van der Waals surface area contributed by atoms with Crippen LogP contribution in [0.1, 0.15) is 35.8 Å². The highest BCUT2D eigenvalue weighted by molar-refractivity contribution is 6.05. The van der Waals surface area contributed by atoms with Crippen molar-refractivity contribution in [3.05, 3.63) is 41.6 Å². The second kappa shape index (κ2) is 7.28. The van der Waals surface area contributed by atoms with E-state index in [0.717, 1.165) is 42.8 Å². The lowest BCUT2D eigenvalue weighted by Crippen LogP contribution is -2.38. The van der Waals surface area contributed by atoms with Gasteiger partial charge in [-0.1, -0.05) is 6.07 Å². The first-order valence-corrected chi connectivity index (χ1v) is 8.57. The van der Waals surface area contributed by atoms with Gasteiger partial charge in [0.05, 0.1) is 24.3 Å². The Kier molecular flexibility index (Phi) is 5.11. The van der Waals surface area contributed by atoms with E-state index >= 15 is 0 Å². The number of benzene rings is 1. The third-order valence-electron chi connectivity index (χ3n) is 4.85. The van der Waals surface area contributed by atoms with Gasteiger partial charge in [0.15, 0.2) is 0 Å². The number of hydrogen-bond donors (Lipinski definition) is 0. The summed E-state index contributed by atoms with van der Waals surface area (Å²) >= 11 is 0. The molecule has 1 aliphatic heterocycles. The van der Waals surface area contributed by atoms with Gasteiger partial charge in [-0.25, -0.2) is 0 Å². The maximum atomic E-state index is 12.8. The van der Waals surface area contributed by atoms with Gasteiger partial charge in [0.2, 0.25) is 0 Å². The van der Waals surface area contributed by atoms with Crippen LogP contribution >= 0.6 is 0 Å². The minimum Gasteiger partial charge on any atom is -0.379 e. The Hall–Kier alpha value is -1.98. The smallest absolute Gasteiger partial charge is 0.255 e. The zero-order valence-electron chi connectivity index (χ0n) is 14.7. The van der Waals surface area contributed by atoms with Crippen molar-refractivity contribution in [2.75, 3.05) is 39.9 Å². The molecule has 2 aromatic rings. The standard InChI is InChI=1S/C19H25N3O2/c1-4-21(3)19(23)17-13-16(12-15-6-5-7-20-18(15)17)14(2)22-8-10-24-11-9-22/h5-7,12-14H,4,8-11H2,1-3H3. The predicted molar refractivity (Wildman–Crippen MR) is 95.2 cm³/mol. The molecule has 0 spiro atoms. The van der Waals surface area contributed by atoms with Gasteiger partial charge in [-0.3, -0.25) is 14.7 Å². The molecule has 0 N–H and O–H groups in total. The second-order valence-electron chi connectivity index (χ2n) is 6.29. The first kappa shape index (κ1) is 16.9. The van der Waals surface area contributed by atoms with Crippen molar-refractivity contribution in [1.82, 2.24) is 14.8 Å². The van der Waals surface area contributed by atoms with Crippen molar-refractivity contribution in [3.8, 4) is 0 Å². The number of morpholine rings is 1. The Bertz CT molecular complexity index is 726. The molecule has 1 unspecified atom stereocenters. The zero-order chi connectivity index (χ0) is 17.1. The highest BCUT2D eigenvalue weighted by atomic mass is 16.5. The number of fused-ring (bicyclic) bond motifs is 1. The molecule has 0 bridgehead atoms. The molecule has 0 radical (unpaired) electrons. The summed E-state index contributed by atoms with van der Waals surface area (Å²) in [4.78, 5) is 21.4. The first-order valence-electron chi connectivity index (χ1n) is 8.57. The van der Waals surface area contributed by atoms with E-state index in [1.54, 1.807) is 11.1 Å². The van der Waals surface area contributed by atoms with Crippen LogP contribution in [-0.2, 0) is 4.74 Å². The van der Waals surface area contributed by atoms with Gasteiger partial charge in [-0.05, 0) is 37.6 Å². The number of amides is 1. The second-order valence-corrected chi connectivity index (χ2v) is 6.29. The van der Waals surface area contributed by atoms with Crippen LogP contribution in [0.5, 0.6) is 0 Å². The molecule has 1 aromatic carbocycles. The van der Waals surface area contributed by atoms with Crippen LogP contribution in [0, 0.1) is 0 Å². The lowest BCUT2D eigenvalue weighted by Gasteiger charge is -2.33. The molecular formula is C19H25N3O2. The van der Waals surface area contributed by atoms with E-state index in [-0.39, 0.29) is 11.9 Å². The highest BCUT2D eigenvalue weighted by Crippen LogP contribution is 2.27. The summed E-state index contributed by atoms with van der Waals surface area (Å²) in [6.45, 7) is 8.23. The molecule has 1 fully saturated rings. The Morgan fingerprint density at radius 2 is 2.12 bits per heavy atom. The van der Waals surface area contributed by atoms with Crippen molar-refractivity contribution in [2.45, 2.75) is 19.9 Å². The van der Waals surface area contributed by atoms with E-state index < -0.39 is 0 Å². The minimum absolute atomic E-state index is 0.0252. The van der Waals surface area contributed by atoms with Crippen molar-refractivity contribution < 1.29 is 9.53 Å². The van der Waals surface area contributed by atoms with Crippen LogP contribution in [0.2, 0.25) is 0 Å². The van der Waals surface area contributed by atoms with E-state index in [0.29, 0.717) is 12.1 Å². The van der Waals surface area contributed by atoms with E-state index in [1.807, 2.05) is 32.2 Å². The minimum atomic E-state index is 0.0252. The Morgan fingerprint density at radius 3 is 2.83 bits per heavy atom. The monoisotopic (exact) mass is 327 g/mol. The average Bonchev–Trinajstić information content (AvgIpc) is 2.66. The molecule has 3 rings (SSSR count). The molecular weight excluding hydrogens is 302 g/mol. The van der Waals surface area contributed by atoms with Crippen molar-refractivity contribution in [1.29, 1.82) is 0 Å². The van der Waals surface area contributed by atoms with Gasteiger partial charge >= 0.3 is 0 Å². The van der Waals surface area contributed by atoms with Gasteiger partial charge in [0, 0.05) is 44.3 Å². The number of carbonyl (C=O) groups is 1. The van der Waals surface area contributed by atoms with Crippen molar-refractivity contribution in [2.24, 2.45) is 0 Å². The zero-order valence-corrected chi connectivity index (χ0v) is 14.7. The van der Waals surface area contributed by atoms with E-state index in [1.165, 1.54) is 0 Å². The Labute approximate surface area is 143 Å². The number of ether oxygens (including phenoxy) is 1. The lowest BCUT2D eigenvalue weighted by molar-refractivity contribution is 0.0198. The van der Waals surface area contributed by atoms with Gasteiger partial charge in [0.1, 0.15) is 0 Å². The maximum Gasteiger partial charge on any atom is 0.255 e. The predicted octanol–water partition coefficient (Wildman–Crippen LogP) is 2.72. The topological polar surface area (TPSA) is 45.7 Å². The number of pyridine rings is 1. The van der Waals surface area contributed by atoms with E-state index in [9.17, 15) is 4.79 Å². The summed E-state index contributed by atoms with van der Waals surface area (Å²) in [5, 5.41) is 1.02. The number of hydrogen-bond acceptors (Lipinski definition) is 4. The quantitative estimate of drug-likeness (QED) is 0.866. The molecule has 2 heterocycles. The van der Waals surface area contributed by atoms with Crippen LogP contribution < -0.4 is 0 Å². The number of aromatic nitrogens is 1. The summed E-state index contributed by atoms with van der Waals surface area (Å²) in [7, 11) is 1.83. The van der Waals surface area contributed by atoms with Crippen LogP contribution in [0.3, 0.4) is 0 Å². The van der Waals surface area contributed by atoms with Gasteiger partial charge in [0.25, 0.3) is 5.91 Å². The highest BCUT2D eigenvalue weighted by Gasteiger charge is 2.22. The third-order valence-corrected chi connectivity index (χ3v) is 4.85. The summed E-state index contributed by atoms with van der Waals surface area (Å²) in [5.41, 5.74) is 2.62. The Balaban J connectivity index is 2.04. The van der Waals surface area contributed by atoms with Crippen LogP contribution in [-0.4, -0.2) is 60.6 Å². The SMILES string of the molecule is CCN(C)C(=O)c1cc(C(C)N2CCOCC2)cc2cccnc12. The molecule has 0 saturated carbocycles. The summed E-state index contributed by atoms with van der Waals surface area (Å²) < 4.78 is 5.45. The normalized spacial score (nSPS) is 17.0. The molecule has 5 heteroatoms. The van der Waals surface area contributed by atoms with Crippen molar-refractivity contribution in [3.63, 3.8) is 0 Å². The van der Waals surface area contributed by atoms with Gasteiger partial charge in [-0.2, -0.15) is 0 Å². The Morgan fingerprint density at radius 1 is 1.38 bits per heavy atom. The maximum absolute atomic E-state index is 12.8. The third kappa shape index (κ3) is 3.28. The van der Waals surface area contributed by atoms with Crippen LogP contribution in [0.15, 0.2) is 30.5 Å². The molecule has 0 aliphatic carbocycles. The van der Waals surface area contributed by atoms with Crippen LogP contribution in [0.4, 0.5) is 0 Å². The van der Waals surface area contributed by atoms with Gasteiger partial charge < -0.3 is 9.64 Å². The number of carbonyl (C=O) groups excluding carboxylic acids is 1. The number of rotatable bonds is 4. The molecule has 1 saturated heterocycles. The largest absolute Gasteiger partial charge is 0.379 e. The van der Waals surface area contributed by atoms with Crippen LogP contribution in [0.25, 0.3) is 10.9 Å². The molecule has 128 valence electrons. The molecule has 5 nitrogen and oxygen atoms in total. The number of nitrogens with zero attached hydrogens (tertiary/aromatic N) is 3.